The van der Waals surface area contributed by atoms with Gasteiger partial charge in [-0.15, -0.1) is 6.58 Å². The number of rotatable bonds is 8. The predicted octanol–water partition coefficient (Wildman–Crippen LogP) is 2.12. The fourth-order valence-corrected chi connectivity index (χ4v) is 3.45. The van der Waals surface area contributed by atoms with Gasteiger partial charge in [-0.1, -0.05) is 24.3 Å². The first kappa shape index (κ1) is 19.7. The highest BCUT2D eigenvalue weighted by Gasteiger charge is 2.27. The summed E-state index contributed by atoms with van der Waals surface area (Å²) in [4.78, 5) is 29.5. The molecule has 7 heteroatoms. The van der Waals surface area contributed by atoms with Crippen LogP contribution in [0.25, 0.3) is 0 Å². The van der Waals surface area contributed by atoms with Crippen molar-refractivity contribution in [3.8, 4) is 5.75 Å². The zero-order valence-corrected chi connectivity index (χ0v) is 16.2. The fraction of sp³-hybridized carbons (Fsp3) is 0.381. The predicted molar refractivity (Wildman–Crippen MR) is 107 cm³/mol. The molecule has 2 amide bonds. The number of hydrogen-bond donors (Lipinski definition) is 2. The third kappa shape index (κ3) is 4.24. The van der Waals surface area contributed by atoms with Gasteiger partial charge in [-0.3, -0.25) is 9.59 Å². The van der Waals surface area contributed by atoms with E-state index in [0.717, 1.165) is 36.3 Å². The average Bonchev–Trinajstić information content (AvgIpc) is 3.12. The summed E-state index contributed by atoms with van der Waals surface area (Å²) >= 11 is 0. The quantitative estimate of drug-likeness (QED) is 0.685. The van der Waals surface area contributed by atoms with E-state index in [2.05, 4.69) is 22.2 Å². The van der Waals surface area contributed by atoms with Gasteiger partial charge in [0.05, 0.1) is 12.8 Å². The maximum absolute atomic E-state index is 12.7. The van der Waals surface area contributed by atoms with Gasteiger partial charge >= 0.3 is 0 Å². The van der Waals surface area contributed by atoms with Crippen molar-refractivity contribution in [2.45, 2.75) is 32.2 Å². The smallest absolute Gasteiger partial charge is 0.287 e. The topological polar surface area (TPSA) is 85.2 Å². The summed E-state index contributed by atoms with van der Waals surface area (Å²) in [6, 6.07) is 7.74. The highest BCUT2D eigenvalue weighted by molar-refractivity contribution is 5.97. The first-order valence-corrected chi connectivity index (χ1v) is 9.54. The minimum absolute atomic E-state index is 0.247. The van der Waals surface area contributed by atoms with E-state index in [9.17, 15) is 9.59 Å². The molecule has 1 aromatic carbocycles. The molecule has 7 nitrogen and oxygen atoms in total. The minimum Gasteiger partial charge on any atom is -0.496 e. The Morgan fingerprint density at radius 2 is 2.07 bits per heavy atom. The highest BCUT2D eigenvalue weighted by Crippen LogP contribution is 2.21. The molecule has 1 aliphatic rings. The summed E-state index contributed by atoms with van der Waals surface area (Å²) in [7, 11) is 1.63. The van der Waals surface area contributed by atoms with Gasteiger partial charge in [0.2, 0.25) is 0 Å². The molecule has 1 aromatic heterocycles. The summed E-state index contributed by atoms with van der Waals surface area (Å²) < 4.78 is 7.22. The van der Waals surface area contributed by atoms with Crippen LogP contribution in [0.15, 0.2) is 36.9 Å². The lowest BCUT2D eigenvalue weighted by atomic mass is 10.1. The van der Waals surface area contributed by atoms with Gasteiger partial charge in [0.15, 0.2) is 5.82 Å². The Labute approximate surface area is 164 Å². The number of ether oxygens (including phenoxy) is 1. The molecule has 0 saturated carbocycles. The van der Waals surface area contributed by atoms with Crippen molar-refractivity contribution >= 4 is 11.8 Å². The normalized spacial score (nSPS) is 12.8. The Balaban J connectivity index is 1.71. The number of methoxy groups -OCH3 is 1. The van der Waals surface area contributed by atoms with E-state index in [1.54, 1.807) is 13.2 Å². The molecule has 2 N–H and O–H groups in total. The maximum atomic E-state index is 12.7. The second kappa shape index (κ2) is 9.21. The third-order valence-corrected chi connectivity index (χ3v) is 4.82. The van der Waals surface area contributed by atoms with Gasteiger partial charge in [-0.2, -0.15) is 0 Å². The van der Waals surface area contributed by atoms with Crippen LogP contribution in [0.1, 0.15) is 45.2 Å². The van der Waals surface area contributed by atoms with Crippen LogP contribution in [0.4, 0.5) is 0 Å². The lowest BCUT2D eigenvalue weighted by Gasteiger charge is -2.17. The van der Waals surface area contributed by atoms with Crippen molar-refractivity contribution in [2.75, 3.05) is 20.2 Å². The molecule has 0 radical (unpaired) electrons. The first-order valence-electron chi connectivity index (χ1n) is 9.54. The Kier molecular flexibility index (Phi) is 6.47. The zero-order chi connectivity index (χ0) is 19.9. The van der Waals surface area contributed by atoms with Crippen LogP contribution in [0, 0.1) is 0 Å². The van der Waals surface area contributed by atoms with Crippen molar-refractivity contribution in [2.24, 2.45) is 0 Å². The third-order valence-electron chi connectivity index (χ3n) is 4.82. The van der Waals surface area contributed by atoms with Crippen LogP contribution >= 0.6 is 0 Å². The van der Waals surface area contributed by atoms with Gasteiger partial charge in [0, 0.05) is 19.6 Å². The van der Waals surface area contributed by atoms with E-state index < -0.39 is 0 Å². The molecule has 0 aliphatic carbocycles. The summed E-state index contributed by atoms with van der Waals surface area (Å²) in [5.74, 6) is 0.572. The number of aromatic nitrogens is 2. The molecule has 0 saturated heterocycles. The number of nitrogens with zero attached hydrogens (tertiary/aromatic N) is 2. The van der Waals surface area contributed by atoms with Crippen LogP contribution in [0.5, 0.6) is 5.75 Å². The molecule has 28 heavy (non-hydrogen) atoms. The molecule has 1 aliphatic heterocycles. The maximum Gasteiger partial charge on any atom is 0.287 e. The molecule has 0 bridgehead atoms. The van der Waals surface area contributed by atoms with Gasteiger partial charge < -0.3 is 19.9 Å². The monoisotopic (exact) mass is 382 g/mol. The largest absolute Gasteiger partial charge is 0.496 e. The summed E-state index contributed by atoms with van der Waals surface area (Å²) in [5.41, 5.74) is 2.22. The van der Waals surface area contributed by atoms with Crippen LogP contribution in [0.2, 0.25) is 0 Å². The Bertz CT molecular complexity index is 873. The van der Waals surface area contributed by atoms with E-state index in [1.165, 1.54) is 0 Å². The number of carbonyl (C=O) groups is 2. The fourth-order valence-electron chi connectivity index (χ4n) is 3.45. The number of imidazole rings is 1. The van der Waals surface area contributed by atoms with Crippen molar-refractivity contribution in [3.05, 3.63) is 59.7 Å². The van der Waals surface area contributed by atoms with Gasteiger partial charge in [0.25, 0.3) is 11.8 Å². The molecule has 2 heterocycles. The summed E-state index contributed by atoms with van der Waals surface area (Å²) in [6.07, 6.45) is 4.97. The van der Waals surface area contributed by atoms with E-state index in [-0.39, 0.29) is 11.8 Å². The minimum atomic E-state index is -0.281. The van der Waals surface area contributed by atoms with Crippen molar-refractivity contribution in [3.63, 3.8) is 0 Å². The Morgan fingerprint density at radius 3 is 2.86 bits per heavy atom. The summed E-state index contributed by atoms with van der Waals surface area (Å²) in [5, 5.41) is 5.67. The van der Waals surface area contributed by atoms with Gasteiger partial charge in [-0.25, -0.2) is 4.98 Å². The van der Waals surface area contributed by atoms with Gasteiger partial charge in [0.1, 0.15) is 11.4 Å². The Hall–Kier alpha value is -3.09. The van der Waals surface area contributed by atoms with E-state index in [0.29, 0.717) is 37.6 Å². The first-order chi connectivity index (χ1) is 13.7. The Morgan fingerprint density at radius 1 is 1.25 bits per heavy atom. The molecule has 2 aromatic rings. The molecule has 3 rings (SSSR count). The average molecular weight is 382 g/mol. The van der Waals surface area contributed by atoms with E-state index in [4.69, 9.17) is 4.74 Å². The van der Waals surface area contributed by atoms with E-state index in [1.807, 2.05) is 28.8 Å². The lowest BCUT2D eigenvalue weighted by Crippen LogP contribution is -2.28. The number of nitrogens with one attached hydrogen (secondary N) is 2. The second-order valence-corrected chi connectivity index (χ2v) is 6.66. The van der Waals surface area contributed by atoms with Crippen LogP contribution in [-0.4, -0.2) is 41.6 Å². The molecular weight excluding hydrogens is 356 g/mol. The molecule has 148 valence electrons. The number of amides is 2. The molecule has 0 spiro atoms. The second-order valence-electron chi connectivity index (χ2n) is 6.66. The number of fused-ring (bicyclic) bond motifs is 1. The van der Waals surface area contributed by atoms with Crippen LogP contribution in [0.3, 0.4) is 0 Å². The van der Waals surface area contributed by atoms with Crippen molar-refractivity contribution in [1.29, 1.82) is 0 Å². The molecule has 0 fully saturated rings. The van der Waals surface area contributed by atoms with Crippen LogP contribution in [-0.2, 0) is 19.4 Å². The summed E-state index contributed by atoms with van der Waals surface area (Å²) in [6.45, 7) is 5.13. The number of para-hydroxylation sites is 1. The standard InChI is InChI=1S/C21H26N4O3/c1-3-12-22-21(27)19-24-18(16-9-6-7-14-25(16)19)20(26)23-13-11-15-8-4-5-10-17(15)28-2/h3-5,8,10H,1,6-7,9,11-14H2,2H3,(H,22,27)(H,23,26). The molecular formula is C21H26N4O3. The van der Waals surface area contributed by atoms with Crippen molar-refractivity contribution < 1.29 is 14.3 Å². The highest BCUT2D eigenvalue weighted by atomic mass is 16.5. The zero-order valence-electron chi connectivity index (χ0n) is 16.2. The van der Waals surface area contributed by atoms with E-state index >= 15 is 0 Å². The lowest BCUT2D eigenvalue weighted by molar-refractivity contribution is 0.0942. The van der Waals surface area contributed by atoms with Crippen molar-refractivity contribution in [1.82, 2.24) is 20.2 Å². The van der Waals surface area contributed by atoms with Gasteiger partial charge in [-0.05, 0) is 37.3 Å². The number of carbonyl (C=O) groups excluding carboxylic acids is 2. The molecule has 0 unspecified atom stereocenters. The number of benzene rings is 1. The van der Waals surface area contributed by atoms with Crippen LogP contribution < -0.4 is 15.4 Å². The SMILES string of the molecule is C=CCNC(=O)c1nc(C(=O)NCCc2ccccc2OC)c2n1CCCC2. The molecule has 0 atom stereocenters. The number of hydrogen-bond acceptors (Lipinski definition) is 4.